The van der Waals surface area contributed by atoms with Gasteiger partial charge in [0.25, 0.3) is 0 Å². The van der Waals surface area contributed by atoms with Crippen LogP contribution in [0.1, 0.15) is 83.1 Å². The van der Waals surface area contributed by atoms with Crippen LogP contribution >= 0.6 is 0 Å². The van der Waals surface area contributed by atoms with Crippen molar-refractivity contribution in [2.75, 3.05) is 13.2 Å². The molecule has 15 nitrogen and oxygen atoms in total. The highest BCUT2D eigenvalue weighted by Gasteiger charge is 2.55. The van der Waals surface area contributed by atoms with E-state index in [1.165, 1.54) is 0 Å². The number of ether oxygens (including phenoxy) is 7. The number of esters is 4. The maximum atomic E-state index is 13.3. The van der Waals surface area contributed by atoms with Crippen molar-refractivity contribution >= 4 is 23.9 Å². The van der Waals surface area contributed by atoms with Crippen LogP contribution in [0.2, 0.25) is 0 Å². The van der Waals surface area contributed by atoms with E-state index in [1.54, 1.807) is 83.1 Å². The van der Waals surface area contributed by atoms with Crippen LogP contribution < -0.4 is 0 Å². The Morgan fingerprint density at radius 2 is 0.936 bits per heavy atom. The number of hydrogen-bond acceptors (Lipinski definition) is 15. The van der Waals surface area contributed by atoms with Gasteiger partial charge in [0.15, 0.2) is 30.9 Å². The fourth-order valence-electron chi connectivity index (χ4n) is 4.08. The Balaban J connectivity index is 2.65. The van der Waals surface area contributed by atoms with Crippen molar-refractivity contribution in [3.63, 3.8) is 0 Å². The summed E-state index contributed by atoms with van der Waals surface area (Å²) in [6, 6.07) is 0. The van der Waals surface area contributed by atoms with Gasteiger partial charge in [0.2, 0.25) is 0 Å². The third-order valence-electron chi connectivity index (χ3n) is 7.26. The number of aliphatic hydroxyl groups excluding tert-OH is 4. The van der Waals surface area contributed by atoms with Crippen molar-refractivity contribution in [1.82, 2.24) is 0 Å². The maximum Gasteiger partial charge on any atom is 0.311 e. The van der Waals surface area contributed by atoms with Gasteiger partial charge in [0.05, 0.1) is 28.3 Å². The summed E-state index contributed by atoms with van der Waals surface area (Å²) in [5.41, 5.74) is -4.12. The predicted molar refractivity (Wildman–Crippen MR) is 162 cm³/mol. The van der Waals surface area contributed by atoms with E-state index in [1.807, 2.05) is 0 Å². The van der Waals surface area contributed by atoms with Crippen molar-refractivity contribution in [3.05, 3.63) is 0 Å². The second-order valence-electron chi connectivity index (χ2n) is 16.1. The highest BCUT2D eigenvalue weighted by atomic mass is 16.7. The lowest BCUT2D eigenvalue weighted by Gasteiger charge is -2.46. The molecule has 0 bridgehead atoms. The Morgan fingerprint density at radius 1 is 0.511 bits per heavy atom. The van der Waals surface area contributed by atoms with Crippen molar-refractivity contribution in [3.8, 4) is 0 Å². The topological polar surface area (TPSA) is 214 Å². The van der Waals surface area contributed by atoms with E-state index in [-0.39, 0.29) is 0 Å². The summed E-state index contributed by atoms with van der Waals surface area (Å²) in [6.45, 7) is 18.1. The van der Waals surface area contributed by atoms with Gasteiger partial charge in [0, 0.05) is 0 Å². The molecule has 0 unspecified atom stereocenters. The molecule has 2 fully saturated rings. The van der Waals surface area contributed by atoms with Crippen LogP contribution in [-0.2, 0) is 52.3 Å². The number of rotatable bonds is 8. The van der Waals surface area contributed by atoms with Crippen molar-refractivity contribution in [2.45, 2.75) is 144 Å². The summed E-state index contributed by atoms with van der Waals surface area (Å²) in [4.78, 5) is 52.6. The molecule has 47 heavy (non-hydrogen) atoms. The highest BCUT2D eigenvalue weighted by Crippen LogP contribution is 2.35. The zero-order valence-electron chi connectivity index (χ0n) is 29.5. The Morgan fingerprint density at radius 3 is 1.38 bits per heavy atom. The molecular formula is C32H54O15. The van der Waals surface area contributed by atoms with E-state index in [0.29, 0.717) is 0 Å². The smallest absolute Gasteiger partial charge is 0.311 e. The zero-order chi connectivity index (χ0) is 36.4. The molecule has 15 heteroatoms. The average molecular weight is 679 g/mol. The lowest BCUT2D eigenvalue weighted by Crippen LogP contribution is -2.65. The van der Waals surface area contributed by atoms with E-state index < -0.39 is 120 Å². The summed E-state index contributed by atoms with van der Waals surface area (Å²) in [6.07, 6.45) is -16.2. The zero-order valence-corrected chi connectivity index (χ0v) is 29.5. The molecule has 0 saturated carbocycles. The van der Waals surface area contributed by atoms with E-state index in [0.717, 1.165) is 0 Å². The van der Waals surface area contributed by atoms with Crippen molar-refractivity contribution in [2.24, 2.45) is 21.7 Å². The fourth-order valence-corrected chi connectivity index (χ4v) is 4.08. The minimum absolute atomic E-state index is 0.506. The minimum atomic E-state index is -1.87. The average Bonchev–Trinajstić information content (AvgIpc) is 2.91. The molecule has 2 heterocycles. The van der Waals surface area contributed by atoms with Gasteiger partial charge in [-0.3, -0.25) is 19.2 Å². The van der Waals surface area contributed by atoms with E-state index in [4.69, 9.17) is 33.2 Å². The van der Waals surface area contributed by atoms with Crippen LogP contribution in [0.15, 0.2) is 0 Å². The molecule has 10 atom stereocenters. The van der Waals surface area contributed by atoms with Gasteiger partial charge in [0.1, 0.15) is 37.1 Å². The van der Waals surface area contributed by atoms with Crippen LogP contribution in [0.4, 0.5) is 0 Å². The number of carbonyl (C=O) groups is 4. The molecule has 2 aliphatic rings. The molecular weight excluding hydrogens is 624 g/mol. The lowest BCUT2D eigenvalue weighted by atomic mass is 9.93. The van der Waals surface area contributed by atoms with Gasteiger partial charge in [-0.15, -0.1) is 0 Å². The molecule has 2 aliphatic heterocycles. The summed E-state index contributed by atoms with van der Waals surface area (Å²) in [5.74, 6) is -2.87. The van der Waals surface area contributed by atoms with Crippen LogP contribution in [0.25, 0.3) is 0 Å². The summed E-state index contributed by atoms with van der Waals surface area (Å²) >= 11 is 0. The van der Waals surface area contributed by atoms with Crippen molar-refractivity contribution in [1.29, 1.82) is 0 Å². The summed E-state index contributed by atoms with van der Waals surface area (Å²) < 4.78 is 40.4. The molecule has 0 radical (unpaired) electrons. The highest BCUT2D eigenvalue weighted by molar-refractivity contribution is 5.78. The second-order valence-corrected chi connectivity index (χ2v) is 16.1. The van der Waals surface area contributed by atoms with E-state index >= 15 is 0 Å². The summed E-state index contributed by atoms with van der Waals surface area (Å²) in [5, 5.41) is 40.5. The lowest BCUT2D eigenvalue weighted by molar-refractivity contribution is -0.330. The Labute approximate surface area is 276 Å². The summed E-state index contributed by atoms with van der Waals surface area (Å²) in [7, 11) is 0. The standard InChI is InChI=1S/C32H54O15/c1-29(2,3)25(37)42-14-16-20(45-26(38)30(4,5)6)21(46-27(39)31(7,8)9)22(47-28(40)32(10,11)12)24(44-16)41-13-15-17(33)18(34)19(35)23(36)43-15/h15-24,33-36H,13-14H2,1-12H3/t15-,16-,17+,18+,19-,20-,21+,22-,23+,24-/m1/s1. The Bertz CT molecular complexity index is 1110. The molecule has 0 spiro atoms. The largest absolute Gasteiger partial charge is 0.462 e. The van der Waals surface area contributed by atoms with E-state index in [9.17, 15) is 39.6 Å². The first-order valence-electron chi connectivity index (χ1n) is 15.6. The number of aliphatic hydroxyl groups is 4. The molecule has 4 N–H and O–H groups in total. The SMILES string of the molecule is CC(C)(C)C(=O)OC[C@H]1O[C@@H](OC[C@H]2O[C@H](O)[C@H](O)[C@@H](O)[C@H]2O)[C@H](OC(=O)C(C)(C)C)[C@@H](OC(=O)C(C)(C)C)[C@@H]1OC(=O)C(C)(C)C. The third kappa shape index (κ3) is 10.8. The molecule has 0 aromatic carbocycles. The monoisotopic (exact) mass is 678 g/mol. The van der Waals surface area contributed by atoms with Crippen LogP contribution in [0.5, 0.6) is 0 Å². The third-order valence-corrected chi connectivity index (χ3v) is 7.26. The molecule has 272 valence electrons. The predicted octanol–water partition coefficient (Wildman–Crippen LogP) is 0.991. The molecule has 0 aromatic rings. The van der Waals surface area contributed by atoms with Gasteiger partial charge in [-0.25, -0.2) is 0 Å². The van der Waals surface area contributed by atoms with Gasteiger partial charge in [-0.05, 0) is 83.1 Å². The molecule has 0 amide bonds. The quantitative estimate of drug-likeness (QED) is 0.208. The second kappa shape index (κ2) is 15.0. The maximum absolute atomic E-state index is 13.3. The molecule has 2 saturated heterocycles. The molecule has 2 rings (SSSR count). The first-order valence-corrected chi connectivity index (χ1v) is 15.6. The number of carbonyl (C=O) groups excluding carboxylic acids is 4. The normalized spacial score (nSPS) is 32.3. The van der Waals surface area contributed by atoms with Crippen LogP contribution in [0, 0.1) is 21.7 Å². The van der Waals surface area contributed by atoms with Gasteiger partial charge in [-0.1, -0.05) is 0 Å². The Hall–Kier alpha value is -2.40. The fraction of sp³-hybridized carbons (Fsp3) is 0.875. The number of hydrogen-bond donors (Lipinski definition) is 4. The Kier molecular flexibility index (Phi) is 13.0. The van der Waals surface area contributed by atoms with Gasteiger partial charge in [-0.2, -0.15) is 0 Å². The first kappa shape index (κ1) is 40.8. The molecule has 0 aliphatic carbocycles. The molecule has 0 aromatic heterocycles. The van der Waals surface area contributed by atoms with Crippen LogP contribution in [-0.4, -0.2) is 119 Å². The minimum Gasteiger partial charge on any atom is -0.462 e. The van der Waals surface area contributed by atoms with E-state index in [2.05, 4.69) is 0 Å². The van der Waals surface area contributed by atoms with Gasteiger partial charge >= 0.3 is 23.9 Å². The van der Waals surface area contributed by atoms with Crippen LogP contribution in [0.3, 0.4) is 0 Å². The van der Waals surface area contributed by atoms with Crippen molar-refractivity contribution < 1.29 is 72.8 Å². The first-order chi connectivity index (χ1) is 21.2. The van der Waals surface area contributed by atoms with Gasteiger partial charge < -0.3 is 53.6 Å².